The molecule has 0 atom stereocenters. The zero-order valence-electron chi connectivity index (χ0n) is 12.1. The summed E-state index contributed by atoms with van der Waals surface area (Å²) in [4.78, 5) is 5.73. The van der Waals surface area contributed by atoms with Crippen LogP contribution < -0.4 is 5.32 Å². The van der Waals surface area contributed by atoms with E-state index < -0.39 is 0 Å². The minimum Gasteiger partial charge on any atom is -0.329 e. The van der Waals surface area contributed by atoms with E-state index >= 15 is 0 Å². The lowest BCUT2D eigenvalue weighted by Crippen LogP contribution is -2.34. The minimum atomic E-state index is 0.722. The molecule has 1 N–H and O–H groups in total. The standard InChI is InChI=1S/C16H23N3S/c1-13-4-6-14(7-5-13)17-8-10-19-11-9-18-16(19)15-3-2-12-20-15/h2-3,9,11-14,17H,4-8,10H2,1H3. The molecule has 2 aromatic heterocycles. The lowest BCUT2D eigenvalue weighted by Gasteiger charge is -2.27. The summed E-state index contributed by atoms with van der Waals surface area (Å²) in [5.41, 5.74) is 0. The summed E-state index contributed by atoms with van der Waals surface area (Å²) in [6.45, 7) is 4.40. The number of imidazole rings is 1. The van der Waals surface area contributed by atoms with Gasteiger partial charge in [0.25, 0.3) is 0 Å². The molecule has 0 unspecified atom stereocenters. The summed E-state index contributed by atoms with van der Waals surface area (Å²) < 4.78 is 2.25. The van der Waals surface area contributed by atoms with E-state index in [2.05, 4.69) is 45.5 Å². The first-order valence-electron chi connectivity index (χ1n) is 7.61. The zero-order chi connectivity index (χ0) is 13.8. The van der Waals surface area contributed by atoms with Gasteiger partial charge in [-0.2, -0.15) is 0 Å². The van der Waals surface area contributed by atoms with Crippen LogP contribution in [0.5, 0.6) is 0 Å². The van der Waals surface area contributed by atoms with Crippen LogP contribution in [0.15, 0.2) is 29.9 Å². The van der Waals surface area contributed by atoms with Gasteiger partial charge in [0.2, 0.25) is 0 Å². The van der Waals surface area contributed by atoms with E-state index in [4.69, 9.17) is 0 Å². The summed E-state index contributed by atoms with van der Waals surface area (Å²) in [6.07, 6.45) is 9.41. The number of hydrogen-bond donors (Lipinski definition) is 1. The Hall–Kier alpha value is -1.13. The molecule has 0 spiro atoms. The molecular formula is C16H23N3S. The second kappa shape index (κ2) is 6.55. The summed E-state index contributed by atoms with van der Waals surface area (Å²) >= 11 is 1.75. The molecule has 20 heavy (non-hydrogen) atoms. The largest absolute Gasteiger partial charge is 0.329 e. The van der Waals surface area contributed by atoms with E-state index in [1.807, 2.05) is 6.20 Å². The summed E-state index contributed by atoms with van der Waals surface area (Å²) in [6, 6.07) is 4.94. The molecule has 108 valence electrons. The van der Waals surface area contributed by atoms with Crippen LogP contribution in [0.25, 0.3) is 10.7 Å². The lowest BCUT2D eigenvalue weighted by atomic mass is 9.87. The minimum absolute atomic E-state index is 0.722. The van der Waals surface area contributed by atoms with Crippen LogP contribution in [0.2, 0.25) is 0 Å². The monoisotopic (exact) mass is 289 g/mol. The highest BCUT2D eigenvalue weighted by Gasteiger charge is 2.17. The summed E-state index contributed by atoms with van der Waals surface area (Å²) in [5.74, 6) is 2.02. The number of rotatable bonds is 5. The van der Waals surface area contributed by atoms with E-state index in [1.165, 1.54) is 30.6 Å². The van der Waals surface area contributed by atoms with E-state index in [0.29, 0.717) is 0 Å². The lowest BCUT2D eigenvalue weighted by molar-refractivity contribution is 0.305. The molecule has 1 fully saturated rings. The van der Waals surface area contributed by atoms with Crippen LogP contribution in [0, 0.1) is 5.92 Å². The van der Waals surface area contributed by atoms with Gasteiger partial charge in [-0.3, -0.25) is 0 Å². The van der Waals surface area contributed by atoms with Gasteiger partial charge in [0, 0.05) is 31.5 Å². The van der Waals surface area contributed by atoms with Crippen molar-refractivity contribution in [2.24, 2.45) is 5.92 Å². The molecule has 3 rings (SSSR count). The Balaban J connectivity index is 1.51. The highest BCUT2D eigenvalue weighted by atomic mass is 32.1. The molecule has 4 heteroatoms. The molecule has 0 saturated heterocycles. The Morgan fingerprint density at radius 3 is 2.95 bits per heavy atom. The molecule has 0 radical (unpaired) electrons. The second-order valence-electron chi connectivity index (χ2n) is 5.83. The molecular weight excluding hydrogens is 266 g/mol. The van der Waals surface area contributed by atoms with Gasteiger partial charge in [0.1, 0.15) is 5.82 Å². The second-order valence-corrected chi connectivity index (χ2v) is 6.78. The maximum atomic E-state index is 4.48. The average Bonchev–Trinajstić information content (AvgIpc) is 3.11. The Labute approximate surface area is 125 Å². The Morgan fingerprint density at radius 1 is 1.35 bits per heavy atom. The van der Waals surface area contributed by atoms with Crippen LogP contribution in [-0.4, -0.2) is 22.1 Å². The fourth-order valence-corrected chi connectivity index (χ4v) is 3.71. The van der Waals surface area contributed by atoms with Gasteiger partial charge in [0.05, 0.1) is 4.88 Å². The van der Waals surface area contributed by atoms with Crippen LogP contribution >= 0.6 is 11.3 Å². The van der Waals surface area contributed by atoms with E-state index in [9.17, 15) is 0 Å². The maximum Gasteiger partial charge on any atom is 0.150 e. The summed E-state index contributed by atoms with van der Waals surface area (Å²) in [7, 11) is 0. The highest BCUT2D eigenvalue weighted by Crippen LogP contribution is 2.24. The van der Waals surface area contributed by atoms with Crippen LogP contribution in [0.1, 0.15) is 32.6 Å². The van der Waals surface area contributed by atoms with Crippen molar-refractivity contribution in [3.8, 4) is 10.7 Å². The quantitative estimate of drug-likeness (QED) is 0.908. The fraction of sp³-hybridized carbons (Fsp3) is 0.562. The third kappa shape index (κ3) is 3.30. The van der Waals surface area contributed by atoms with Gasteiger partial charge in [-0.15, -0.1) is 11.3 Å². The Morgan fingerprint density at radius 2 is 2.20 bits per heavy atom. The fourth-order valence-electron chi connectivity index (χ4n) is 2.97. The number of thiophene rings is 1. The Bertz CT molecular complexity index is 510. The van der Waals surface area contributed by atoms with E-state index in [1.54, 1.807) is 11.3 Å². The van der Waals surface area contributed by atoms with Crippen molar-refractivity contribution >= 4 is 11.3 Å². The molecule has 3 nitrogen and oxygen atoms in total. The molecule has 0 amide bonds. The van der Waals surface area contributed by atoms with Gasteiger partial charge in [-0.25, -0.2) is 4.98 Å². The third-order valence-electron chi connectivity index (χ3n) is 4.26. The number of nitrogens with one attached hydrogen (secondary N) is 1. The number of hydrogen-bond acceptors (Lipinski definition) is 3. The number of nitrogens with zero attached hydrogens (tertiary/aromatic N) is 2. The third-order valence-corrected chi connectivity index (χ3v) is 5.12. The topological polar surface area (TPSA) is 29.9 Å². The van der Waals surface area contributed by atoms with Gasteiger partial charge < -0.3 is 9.88 Å². The van der Waals surface area contributed by atoms with Crippen molar-refractivity contribution in [1.82, 2.24) is 14.9 Å². The predicted octanol–water partition coefficient (Wildman–Crippen LogP) is 3.78. The van der Waals surface area contributed by atoms with Crippen molar-refractivity contribution in [2.75, 3.05) is 6.54 Å². The maximum absolute atomic E-state index is 4.48. The smallest absolute Gasteiger partial charge is 0.150 e. The van der Waals surface area contributed by atoms with E-state index in [0.717, 1.165) is 30.9 Å². The highest BCUT2D eigenvalue weighted by molar-refractivity contribution is 7.13. The molecule has 0 aromatic carbocycles. The average molecular weight is 289 g/mol. The molecule has 0 aliphatic heterocycles. The molecule has 2 heterocycles. The summed E-state index contributed by atoms with van der Waals surface area (Å²) in [5, 5.41) is 5.81. The van der Waals surface area contributed by atoms with Gasteiger partial charge in [-0.05, 0) is 43.0 Å². The van der Waals surface area contributed by atoms with Crippen LogP contribution in [0.4, 0.5) is 0 Å². The van der Waals surface area contributed by atoms with Gasteiger partial charge in [0.15, 0.2) is 0 Å². The molecule has 1 aliphatic rings. The molecule has 1 aliphatic carbocycles. The van der Waals surface area contributed by atoms with Crippen molar-refractivity contribution in [3.05, 3.63) is 29.9 Å². The van der Waals surface area contributed by atoms with E-state index in [-0.39, 0.29) is 0 Å². The molecule has 1 saturated carbocycles. The number of aromatic nitrogens is 2. The predicted molar refractivity (Wildman–Crippen MR) is 85.0 cm³/mol. The Kier molecular flexibility index (Phi) is 4.53. The molecule has 0 bridgehead atoms. The normalized spacial score (nSPS) is 23.1. The molecule has 2 aromatic rings. The zero-order valence-corrected chi connectivity index (χ0v) is 12.9. The van der Waals surface area contributed by atoms with Gasteiger partial charge >= 0.3 is 0 Å². The van der Waals surface area contributed by atoms with Crippen molar-refractivity contribution in [2.45, 2.75) is 45.2 Å². The first kappa shape index (κ1) is 13.8. The van der Waals surface area contributed by atoms with Crippen molar-refractivity contribution in [3.63, 3.8) is 0 Å². The van der Waals surface area contributed by atoms with Crippen molar-refractivity contribution in [1.29, 1.82) is 0 Å². The SMILES string of the molecule is CC1CCC(NCCn2ccnc2-c2cccs2)CC1. The van der Waals surface area contributed by atoms with Crippen LogP contribution in [-0.2, 0) is 6.54 Å². The first-order chi connectivity index (χ1) is 9.83. The van der Waals surface area contributed by atoms with Crippen LogP contribution in [0.3, 0.4) is 0 Å². The van der Waals surface area contributed by atoms with Gasteiger partial charge in [-0.1, -0.05) is 13.0 Å². The van der Waals surface area contributed by atoms with Crippen molar-refractivity contribution < 1.29 is 0 Å². The first-order valence-corrected chi connectivity index (χ1v) is 8.49.